The third-order valence-electron chi connectivity index (χ3n) is 5.86. The molecule has 1 amide bonds. The fraction of sp³-hybridized carbons (Fsp3) is 0.562. The molecule has 1 saturated heterocycles. The predicted molar refractivity (Wildman–Crippen MR) is 74.9 cm³/mol. The van der Waals surface area contributed by atoms with Gasteiger partial charge in [-0.2, -0.15) is 0 Å². The minimum absolute atomic E-state index is 0.262. The number of carbonyl (C=O) groups is 1. The van der Waals surface area contributed by atoms with Crippen LogP contribution < -0.4 is 0 Å². The molecule has 3 heteroatoms. The molecule has 2 heterocycles. The first-order chi connectivity index (χ1) is 9.33. The van der Waals surface area contributed by atoms with Crippen LogP contribution in [0.1, 0.15) is 16.1 Å². The number of allylic oxidation sites excluding steroid dienone is 2. The highest BCUT2D eigenvalue weighted by molar-refractivity contribution is 7.12. The molecule has 1 aromatic heterocycles. The molecule has 0 spiro atoms. The van der Waals surface area contributed by atoms with Crippen LogP contribution in [0.2, 0.25) is 0 Å². The topological polar surface area (TPSA) is 20.3 Å². The van der Waals surface area contributed by atoms with Crippen LogP contribution in [0.5, 0.6) is 0 Å². The molecule has 2 bridgehead atoms. The van der Waals surface area contributed by atoms with Crippen molar-refractivity contribution in [3.8, 4) is 0 Å². The number of likely N-dealkylation sites (tertiary alicyclic amines) is 1. The van der Waals surface area contributed by atoms with E-state index in [1.165, 1.54) is 6.42 Å². The van der Waals surface area contributed by atoms with Gasteiger partial charge in [-0.05, 0) is 53.4 Å². The van der Waals surface area contributed by atoms with E-state index in [9.17, 15) is 4.79 Å². The van der Waals surface area contributed by atoms with E-state index in [2.05, 4.69) is 17.1 Å². The van der Waals surface area contributed by atoms with Gasteiger partial charge in [0, 0.05) is 13.1 Å². The lowest BCUT2D eigenvalue weighted by atomic mass is 9.64. The van der Waals surface area contributed by atoms with Gasteiger partial charge in [-0.15, -0.1) is 11.3 Å². The normalized spacial score (nSPS) is 45.2. The number of rotatable bonds is 1. The van der Waals surface area contributed by atoms with Crippen LogP contribution in [-0.2, 0) is 0 Å². The van der Waals surface area contributed by atoms with Gasteiger partial charge in [0.15, 0.2) is 0 Å². The highest BCUT2D eigenvalue weighted by atomic mass is 32.1. The van der Waals surface area contributed by atoms with Gasteiger partial charge in [0.2, 0.25) is 0 Å². The van der Waals surface area contributed by atoms with Crippen molar-refractivity contribution >= 4 is 17.2 Å². The van der Waals surface area contributed by atoms with Crippen molar-refractivity contribution in [2.24, 2.45) is 35.5 Å². The van der Waals surface area contributed by atoms with E-state index >= 15 is 0 Å². The van der Waals surface area contributed by atoms with Crippen LogP contribution in [0, 0.1) is 35.5 Å². The van der Waals surface area contributed by atoms with Gasteiger partial charge >= 0.3 is 0 Å². The second-order valence-corrected chi connectivity index (χ2v) is 7.57. The Morgan fingerprint density at radius 1 is 1.11 bits per heavy atom. The standard InChI is InChI=1S/C16H17NOS/c18-16(15-2-1-5-19-15)17-7-13-9-3-4-10(14(13)8-17)12-6-11(9)12/h1-5,9-14H,6-8H2/t9-,10+,11+,12-,13-,14?/m0/s1. The van der Waals surface area contributed by atoms with E-state index < -0.39 is 0 Å². The van der Waals surface area contributed by atoms with Crippen molar-refractivity contribution in [2.75, 3.05) is 13.1 Å². The van der Waals surface area contributed by atoms with Crippen LogP contribution in [0.3, 0.4) is 0 Å². The molecule has 1 unspecified atom stereocenters. The van der Waals surface area contributed by atoms with E-state index in [1.807, 2.05) is 17.5 Å². The maximum absolute atomic E-state index is 12.5. The summed E-state index contributed by atoms with van der Waals surface area (Å²) in [5.41, 5.74) is 0. The molecule has 6 atom stereocenters. The van der Waals surface area contributed by atoms with E-state index in [-0.39, 0.29) is 5.91 Å². The Morgan fingerprint density at radius 3 is 2.37 bits per heavy atom. The van der Waals surface area contributed by atoms with Gasteiger partial charge in [0.1, 0.15) is 0 Å². The number of hydrogen-bond donors (Lipinski definition) is 0. The molecule has 2 nitrogen and oxygen atoms in total. The van der Waals surface area contributed by atoms with Crippen molar-refractivity contribution in [2.45, 2.75) is 6.42 Å². The minimum atomic E-state index is 0.262. The molecule has 6 rings (SSSR count). The Kier molecular flexibility index (Phi) is 1.97. The summed E-state index contributed by atoms with van der Waals surface area (Å²) in [5.74, 6) is 5.26. The molecule has 0 radical (unpaired) electrons. The Morgan fingerprint density at radius 2 is 1.79 bits per heavy atom. The maximum atomic E-state index is 12.5. The summed E-state index contributed by atoms with van der Waals surface area (Å²) in [6.45, 7) is 1.99. The van der Waals surface area contributed by atoms with E-state index in [0.29, 0.717) is 0 Å². The average Bonchev–Trinajstić information content (AvgIpc) is 2.91. The van der Waals surface area contributed by atoms with Crippen molar-refractivity contribution in [1.82, 2.24) is 4.90 Å². The monoisotopic (exact) mass is 271 g/mol. The highest BCUT2D eigenvalue weighted by Gasteiger charge is 2.61. The average molecular weight is 271 g/mol. The number of nitrogens with zero attached hydrogens (tertiary/aromatic N) is 1. The van der Waals surface area contributed by atoms with Crippen LogP contribution >= 0.6 is 11.3 Å². The number of hydrogen-bond acceptors (Lipinski definition) is 2. The molecule has 4 aliphatic carbocycles. The molecular formula is C16H17NOS. The molecule has 1 aromatic rings. The van der Waals surface area contributed by atoms with Gasteiger partial charge < -0.3 is 4.90 Å². The predicted octanol–water partition coefficient (Wildman–Crippen LogP) is 2.89. The van der Waals surface area contributed by atoms with Gasteiger partial charge in [0.25, 0.3) is 5.91 Å². The Balaban J connectivity index is 1.42. The van der Waals surface area contributed by atoms with Gasteiger partial charge in [-0.1, -0.05) is 18.2 Å². The van der Waals surface area contributed by atoms with E-state index in [0.717, 1.165) is 53.5 Å². The van der Waals surface area contributed by atoms with Crippen molar-refractivity contribution in [3.63, 3.8) is 0 Å². The van der Waals surface area contributed by atoms with E-state index in [4.69, 9.17) is 0 Å². The smallest absolute Gasteiger partial charge is 0.263 e. The quantitative estimate of drug-likeness (QED) is 0.719. The third kappa shape index (κ3) is 1.34. The number of carbonyl (C=O) groups excluding carboxylic acids is 1. The zero-order chi connectivity index (χ0) is 12.6. The summed E-state index contributed by atoms with van der Waals surface area (Å²) in [5, 5.41) is 2.00. The SMILES string of the molecule is O=C(c1cccs1)N1CC2[C@@H](C1)[C@H]1C=C[C@@H]2[C@@H]2C[C@H]12. The molecule has 1 aliphatic heterocycles. The molecule has 2 saturated carbocycles. The lowest BCUT2D eigenvalue weighted by molar-refractivity contribution is 0.0786. The largest absolute Gasteiger partial charge is 0.337 e. The first-order valence-corrected chi connectivity index (χ1v) is 8.22. The maximum Gasteiger partial charge on any atom is 0.263 e. The summed E-state index contributed by atoms with van der Waals surface area (Å²) in [6.07, 6.45) is 6.40. The highest BCUT2D eigenvalue weighted by Crippen LogP contribution is 2.64. The van der Waals surface area contributed by atoms with Crippen LogP contribution in [0.15, 0.2) is 29.7 Å². The summed E-state index contributed by atoms with van der Waals surface area (Å²) < 4.78 is 0. The zero-order valence-corrected chi connectivity index (χ0v) is 11.6. The molecule has 3 fully saturated rings. The molecule has 5 aliphatic rings. The summed E-state index contributed by atoms with van der Waals surface area (Å²) >= 11 is 1.57. The first-order valence-electron chi connectivity index (χ1n) is 7.34. The Bertz CT molecular complexity index is 537. The van der Waals surface area contributed by atoms with Crippen molar-refractivity contribution in [1.29, 1.82) is 0 Å². The summed E-state index contributed by atoms with van der Waals surface area (Å²) in [6, 6.07) is 3.93. The van der Waals surface area contributed by atoms with Crippen LogP contribution in [-0.4, -0.2) is 23.9 Å². The molecule has 98 valence electrons. The summed E-state index contributed by atoms with van der Waals surface area (Å²) in [7, 11) is 0. The van der Waals surface area contributed by atoms with Crippen LogP contribution in [0.4, 0.5) is 0 Å². The van der Waals surface area contributed by atoms with Gasteiger partial charge in [-0.3, -0.25) is 4.79 Å². The zero-order valence-electron chi connectivity index (χ0n) is 10.7. The fourth-order valence-electron chi connectivity index (χ4n) is 4.97. The summed E-state index contributed by atoms with van der Waals surface area (Å²) in [4.78, 5) is 15.5. The number of thiophene rings is 1. The lowest BCUT2D eigenvalue weighted by Crippen LogP contribution is -2.37. The molecule has 19 heavy (non-hydrogen) atoms. The molecular weight excluding hydrogens is 254 g/mol. The Hall–Kier alpha value is -1.09. The first kappa shape index (κ1) is 10.7. The van der Waals surface area contributed by atoms with Crippen molar-refractivity contribution < 1.29 is 4.79 Å². The van der Waals surface area contributed by atoms with Crippen LogP contribution in [0.25, 0.3) is 0 Å². The lowest BCUT2D eigenvalue weighted by Gasteiger charge is -2.40. The van der Waals surface area contributed by atoms with E-state index in [1.54, 1.807) is 11.3 Å². The van der Waals surface area contributed by atoms with Gasteiger partial charge in [0.05, 0.1) is 4.88 Å². The minimum Gasteiger partial charge on any atom is -0.337 e. The number of amides is 1. The third-order valence-corrected chi connectivity index (χ3v) is 6.71. The molecule has 0 aromatic carbocycles. The fourth-order valence-corrected chi connectivity index (χ4v) is 5.66. The Labute approximate surface area is 117 Å². The molecule has 0 N–H and O–H groups in total. The van der Waals surface area contributed by atoms with Gasteiger partial charge in [-0.25, -0.2) is 0 Å². The second-order valence-electron chi connectivity index (χ2n) is 6.62. The van der Waals surface area contributed by atoms with Crippen molar-refractivity contribution in [3.05, 3.63) is 34.5 Å². The second kappa shape index (κ2) is 3.51.